The number of allylic oxidation sites excluding steroid dienone is 2. The highest BCUT2D eigenvalue weighted by Gasteiger charge is 2.17. The number of aliphatic imine (C=N–C) groups is 1. The third-order valence-corrected chi connectivity index (χ3v) is 3.78. The number of aromatic nitrogens is 3. The van der Waals surface area contributed by atoms with Gasteiger partial charge in [-0.3, -0.25) is 4.99 Å². The summed E-state index contributed by atoms with van der Waals surface area (Å²) in [6.07, 6.45) is 4.57. The first-order valence-corrected chi connectivity index (χ1v) is 7.47. The van der Waals surface area contributed by atoms with E-state index in [-0.39, 0.29) is 11.4 Å². The monoisotopic (exact) mass is 331 g/mol. The molecule has 2 heterocycles. The van der Waals surface area contributed by atoms with Crippen LogP contribution < -0.4 is 11.1 Å². The summed E-state index contributed by atoms with van der Waals surface area (Å²) in [7, 11) is 1.74. The number of nitriles is 1. The maximum absolute atomic E-state index is 9.35. The summed E-state index contributed by atoms with van der Waals surface area (Å²) in [5, 5.41) is 17.1. The van der Waals surface area contributed by atoms with Gasteiger partial charge in [-0.25, -0.2) is 4.98 Å². The van der Waals surface area contributed by atoms with Crippen LogP contribution in [-0.2, 0) is 0 Å². The van der Waals surface area contributed by atoms with Crippen LogP contribution in [0.4, 0.5) is 11.6 Å². The maximum atomic E-state index is 9.35. The van der Waals surface area contributed by atoms with Gasteiger partial charge < -0.3 is 11.1 Å². The van der Waals surface area contributed by atoms with Crippen molar-refractivity contribution in [1.29, 1.82) is 5.26 Å². The molecule has 0 saturated carbocycles. The van der Waals surface area contributed by atoms with E-state index in [1.165, 1.54) is 4.52 Å². The Kier molecular flexibility index (Phi) is 5.19. The number of nitrogens with two attached hydrogens (primary N) is 1. The van der Waals surface area contributed by atoms with E-state index in [0.717, 1.165) is 5.71 Å². The molecule has 120 valence electrons. The molecule has 2 aromatic heterocycles. The zero-order valence-corrected chi connectivity index (χ0v) is 14.0. The predicted octanol–water partition coefficient (Wildman–Crippen LogP) is 2.59. The second kappa shape index (κ2) is 7.11. The van der Waals surface area contributed by atoms with Crippen molar-refractivity contribution >= 4 is 34.6 Å². The van der Waals surface area contributed by atoms with Crippen LogP contribution in [0.25, 0.3) is 5.65 Å². The lowest BCUT2D eigenvalue weighted by Crippen LogP contribution is -2.13. The molecule has 7 nitrogen and oxygen atoms in total. The lowest BCUT2D eigenvalue weighted by atomic mass is 10.2. The van der Waals surface area contributed by atoms with Gasteiger partial charge in [0.05, 0.1) is 5.69 Å². The molecule has 0 amide bonds. The number of nitrogens with one attached hydrogen (secondary N) is 1. The Balaban J connectivity index is 2.33. The second-order valence-electron chi connectivity index (χ2n) is 4.86. The fourth-order valence-electron chi connectivity index (χ4n) is 2.16. The number of fused-ring (bicyclic) bond motifs is 1. The molecule has 0 radical (unpaired) electrons. The molecule has 0 aliphatic heterocycles. The lowest BCUT2D eigenvalue weighted by molar-refractivity contribution is 0.923. The minimum atomic E-state index is 0.216. The van der Waals surface area contributed by atoms with Crippen molar-refractivity contribution in [2.75, 3.05) is 24.6 Å². The van der Waals surface area contributed by atoms with Crippen molar-refractivity contribution in [3.05, 3.63) is 28.4 Å². The van der Waals surface area contributed by atoms with Gasteiger partial charge in [0.2, 0.25) is 0 Å². The summed E-state index contributed by atoms with van der Waals surface area (Å²) in [6, 6.07) is 2.06. The fourth-order valence-corrected chi connectivity index (χ4v) is 2.32. The van der Waals surface area contributed by atoms with Crippen molar-refractivity contribution in [2.24, 2.45) is 4.99 Å². The predicted molar refractivity (Wildman–Crippen MR) is 93.1 cm³/mol. The maximum Gasteiger partial charge on any atom is 0.178 e. The van der Waals surface area contributed by atoms with Crippen molar-refractivity contribution in [3.63, 3.8) is 0 Å². The largest absolute Gasteiger partial charge is 0.382 e. The first-order valence-electron chi connectivity index (χ1n) is 7.10. The third kappa shape index (κ3) is 3.27. The van der Waals surface area contributed by atoms with Gasteiger partial charge in [0, 0.05) is 25.7 Å². The normalized spacial score (nSPS) is 12.0. The van der Waals surface area contributed by atoms with Crippen LogP contribution in [0.2, 0.25) is 5.02 Å². The molecular formula is C15H18ClN7. The van der Waals surface area contributed by atoms with Crippen molar-refractivity contribution in [3.8, 4) is 6.07 Å². The molecular weight excluding hydrogens is 314 g/mol. The third-order valence-electron chi connectivity index (χ3n) is 3.34. The van der Waals surface area contributed by atoms with Crippen LogP contribution in [0, 0.1) is 18.3 Å². The Labute approximate surface area is 139 Å². The molecule has 0 aromatic carbocycles. The molecule has 0 atom stereocenters. The van der Waals surface area contributed by atoms with Crippen LogP contribution in [-0.4, -0.2) is 33.9 Å². The smallest absolute Gasteiger partial charge is 0.178 e. The fraction of sp³-hybridized carbons (Fsp3) is 0.333. The summed E-state index contributed by atoms with van der Waals surface area (Å²) in [4.78, 5) is 8.57. The van der Waals surface area contributed by atoms with Crippen molar-refractivity contribution in [2.45, 2.75) is 20.3 Å². The number of nitrogens with zero attached hydrogens (tertiary/aromatic N) is 5. The highest BCUT2D eigenvalue weighted by Crippen LogP contribution is 2.27. The van der Waals surface area contributed by atoms with E-state index in [1.54, 1.807) is 14.0 Å². The number of nitrogen functional groups attached to an aromatic ring is 1. The molecule has 0 unspecified atom stereocenters. The highest BCUT2D eigenvalue weighted by molar-refractivity contribution is 6.34. The molecule has 0 fully saturated rings. The van der Waals surface area contributed by atoms with Crippen LogP contribution in [0.3, 0.4) is 0 Å². The summed E-state index contributed by atoms with van der Waals surface area (Å²) in [6.45, 7) is 4.27. The quantitative estimate of drug-likeness (QED) is 0.819. The van der Waals surface area contributed by atoms with Gasteiger partial charge >= 0.3 is 0 Å². The van der Waals surface area contributed by atoms with Gasteiger partial charge in [-0.1, -0.05) is 17.7 Å². The van der Waals surface area contributed by atoms with Crippen LogP contribution >= 0.6 is 11.6 Å². The summed E-state index contributed by atoms with van der Waals surface area (Å²) >= 11 is 6.19. The van der Waals surface area contributed by atoms with Crippen LogP contribution in [0.15, 0.2) is 17.1 Å². The molecule has 3 N–H and O–H groups in total. The van der Waals surface area contributed by atoms with E-state index in [4.69, 9.17) is 17.3 Å². The Morgan fingerprint density at radius 2 is 2.30 bits per heavy atom. The van der Waals surface area contributed by atoms with E-state index in [2.05, 4.69) is 26.5 Å². The average molecular weight is 332 g/mol. The SMILES string of the molecule is C/C=C\C(CCNc1nc2c(Cl)c(C)nn2c(N)c1C#N)=NC. The van der Waals surface area contributed by atoms with Crippen LogP contribution in [0.1, 0.15) is 24.6 Å². The molecule has 8 heteroatoms. The van der Waals surface area contributed by atoms with Gasteiger partial charge in [-0.15, -0.1) is 0 Å². The topological polar surface area (TPSA) is 104 Å². The molecule has 2 rings (SSSR count). The van der Waals surface area contributed by atoms with Gasteiger partial charge in [0.25, 0.3) is 0 Å². The molecule has 23 heavy (non-hydrogen) atoms. The van der Waals surface area contributed by atoms with E-state index >= 15 is 0 Å². The van der Waals surface area contributed by atoms with E-state index in [0.29, 0.717) is 35.1 Å². The van der Waals surface area contributed by atoms with Crippen molar-refractivity contribution < 1.29 is 0 Å². The van der Waals surface area contributed by atoms with Gasteiger partial charge in [-0.05, 0) is 19.9 Å². The van der Waals surface area contributed by atoms with Gasteiger partial charge in [0.1, 0.15) is 28.3 Å². The van der Waals surface area contributed by atoms with E-state index in [9.17, 15) is 5.26 Å². The van der Waals surface area contributed by atoms with Crippen molar-refractivity contribution in [1.82, 2.24) is 14.6 Å². The average Bonchev–Trinajstić information content (AvgIpc) is 2.82. The number of rotatable bonds is 5. The molecule has 0 aliphatic carbocycles. The van der Waals surface area contributed by atoms with E-state index in [1.807, 2.05) is 19.1 Å². The standard InChI is InChI=1S/C15H18ClN7/c1-4-5-10(19-3)6-7-20-14-11(8-17)13(18)23-15(21-14)12(16)9(2)22-23/h4-5H,6-7,18H2,1-3H3,(H,20,21)/b5-4-,19-10?. The Bertz CT molecular complexity index is 827. The number of hydrogen-bond acceptors (Lipinski definition) is 6. The molecule has 2 aromatic rings. The van der Waals surface area contributed by atoms with Crippen LogP contribution in [0.5, 0.6) is 0 Å². The second-order valence-corrected chi connectivity index (χ2v) is 5.24. The minimum absolute atomic E-state index is 0.216. The summed E-state index contributed by atoms with van der Waals surface area (Å²) in [5.74, 6) is 0.614. The van der Waals surface area contributed by atoms with Gasteiger partial charge in [0.15, 0.2) is 5.65 Å². The molecule has 0 bridgehead atoms. The Hall–Kier alpha value is -2.59. The highest BCUT2D eigenvalue weighted by atomic mass is 35.5. The molecule has 0 aliphatic rings. The molecule has 0 saturated heterocycles. The number of halogens is 1. The first kappa shape index (κ1) is 16.8. The summed E-state index contributed by atoms with van der Waals surface area (Å²) in [5.41, 5.74) is 8.26. The molecule has 0 spiro atoms. The Morgan fingerprint density at radius 1 is 1.57 bits per heavy atom. The lowest BCUT2D eigenvalue weighted by Gasteiger charge is -2.10. The van der Waals surface area contributed by atoms with Gasteiger partial charge in [-0.2, -0.15) is 14.9 Å². The van der Waals surface area contributed by atoms with E-state index < -0.39 is 0 Å². The number of anilines is 2. The zero-order valence-electron chi connectivity index (χ0n) is 13.3. The first-order chi connectivity index (χ1) is 11.0. The number of aryl methyl sites for hydroxylation is 1. The summed E-state index contributed by atoms with van der Waals surface area (Å²) < 4.78 is 1.39. The zero-order chi connectivity index (χ0) is 17.0. The Morgan fingerprint density at radius 3 is 2.91 bits per heavy atom. The number of hydrogen-bond donors (Lipinski definition) is 2. The minimum Gasteiger partial charge on any atom is -0.382 e.